The van der Waals surface area contributed by atoms with Crippen LogP contribution in [0.4, 0.5) is 0 Å². The van der Waals surface area contributed by atoms with E-state index in [2.05, 4.69) is 5.10 Å². The summed E-state index contributed by atoms with van der Waals surface area (Å²) in [5.74, 6) is 0.501. The zero-order chi connectivity index (χ0) is 13.2. The predicted molar refractivity (Wildman–Crippen MR) is 68.8 cm³/mol. The second kappa shape index (κ2) is 8.66. The Balaban J connectivity index is 2.44. The normalized spacial score (nSPS) is 10.6. The summed E-state index contributed by atoms with van der Waals surface area (Å²) in [6.07, 6.45) is 4.11. The molecule has 0 radical (unpaired) electrons. The minimum atomic E-state index is -0.141. The van der Waals surface area contributed by atoms with Crippen LogP contribution >= 0.6 is 0 Å². The van der Waals surface area contributed by atoms with Crippen LogP contribution in [0.25, 0.3) is 0 Å². The average Bonchev–Trinajstić information content (AvgIpc) is 2.37. The van der Waals surface area contributed by atoms with Crippen molar-refractivity contribution in [1.82, 2.24) is 9.78 Å². The lowest BCUT2D eigenvalue weighted by Crippen LogP contribution is -2.22. The third-order valence-corrected chi connectivity index (χ3v) is 2.43. The van der Waals surface area contributed by atoms with Gasteiger partial charge in [0, 0.05) is 26.3 Å². The first kappa shape index (κ1) is 14.7. The van der Waals surface area contributed by atoms with Crippen molar-refractivity contribution in [2.75, 3.05) is 26.9 Å². The molecule has 1 heterocycles. The Bertz CT molecular complexity index is 392. The Morgan fingerprint density at radius 3 is 2.83 bits per heavy atom. The van der Waals surface area contributed by atoms with Crippen molar-refractivity contribution in [2.24, 2.45) is 5.73 Å². The molecular formula is C12H21N3O3. The molecule has 0 spiro atoms. The Morgan fingerprint density at radius 2 is 2.17 bits per heavy atom. The van der Waals surface area contributed by atoms with Crippen LogP contribution < -0.4 is 16.0 Å². The number of hydrogen-bond donors (Lipinski definition) is 1. The van der Waals surface area contributed by atoms with Crippen LogP contribution in [0.15, 0.2) is 17.1 Å². The quantitative estimate of drug-likeness (QED) is 0.646. The highest BCUT2D eigenvalue weighted by Crippen LogP contribution is 2.04. The van der Waals surface area contributed by atoms with E-state index in [4.69, 9.17) is 15.2 Å². The van der Waals surface area contributed by atoms with E-state index < -0.39 is 0 Å². The fourth-order valence-electron chi connectivity index (χ4n) is 1.45. The van der Waals surface area contributed by atoms with Crippen LogP contribution in [0.2, 0.25) is 0 Å². The smallest absolute Gasteiger partial charge is 0.270 e. The molecule has 102 valence electrons. The lowest BCUT2D eigenvalue weighted by molar-refractivity contribution is 0.190. The van der Waals surface area contributed by atoms with E-state index in [-0.39, 0.29) is 5.56 Å². The van der Waals surface area contributed by atoms with E-state index in [1.54, 1.807) is 13.3 Å². The first-order chi connectivity index (χ1) is 8.77. The van der Waals surface area contributed by atoms with E-state index in [0.29, 0.717) is 32.1 Å². The Hall–Kier alpha value is -1.40. The number of rotatable bonds is 9. The zero-order valence-corrected chi connectivity index (χ0v) is 10.8. The largest absolute Gasteiger partial charge is 0.492 e. The molecule has 18 heavy (non-hydrogen) atoms. The van der Waals surface area contributed by atoms with E-state index in [1.807, 2.05) is 0 Å². The van der Waals surface area contributed by atoms with E-state index >= 15 is 0 Å². The van der Waals surface area contributed by atoms with Crippen LogP contribution in [0.3, 0.4) is 0 Å². The van der Waals surface area contributed by atoms with Crippen LogP contribution in [0.5, 0.6) is 5.75 Å². The SMILES string of the molecule is COCCCCn1ncc(OCCCN)cc1=O. The third-order valence-electron chi connectivity index (χ3n) is 2.43. The lowest BCUT2D eigenvalue weighted by Gasteiger charge is -2.07. The molecule has 6 heteroatoms. The van der Waals surface area contributed by atoms with Crippen molar-refractivity contribution in [2.45, 2.75) is 25.8 Å². The molecular weight excluding hydrogens is 234 g/mol. The molecule has 0 aromatic carbocycles. The average molecular weight is 255 g/mol. The molecule has 0 aliphatic carbocycles. The molecule has 0 bridgehead atoms. The van der Waals surface area contributed by atoms with Crippen molar-refractivity contribution >= 4 is 0 Å². The van der Waals surface area contributed by atoms with Crippen LogP contribution in [-0.2, 0) is 11.3 Å². The molecule has 0 aliphatic rings. The van der Waals surface area contributed by atoms with Crippen LogP contribution in [0.1, 0.15) is 19.3 Å². The van der Waals surface area contributed by atoms with Gasteiger partial charge in [-0.3, -0.25) is 4.79 Å². The summed E-state index contributed by atoms with van der Waals surface area (Å²) in [5.41, 5.74) is 5.21. The number of methoxy groups -OCH3 is 1. The van der Waals surface area contributed by atoms with Crippen molar-refractivity contribution in [3.8, 4) is 5.75 Å². The van der Waals surface area contributed by atoms with Crippen LogP contribution in [-0.4, -0.2) is 36.6 Å². The number of nitrogens with two attached hydrogens (primary N) is 1. The van der Waals surface area contributed by atoms with Crippen molar-refractivity contribution < 1.29 is 9.47 Å². The highest BCUT2D eigenvalue weighted by molar-refractivity contribution is 5.13. The summed E-state index contributed by atoms with van der Waals surface area (Å²) in [6, 6.07) is 1.46. The Kier molecular flexibility index (Phi) is 7.05. The number of ether oxygens (including phenoxy) is 2. The minimum absolute atomic E-state index is 0.141. The molecule has 0 amide bonds. The van der Waals surface area contributed by atoms with E-state index in [1.165, 1.54) is 10.7 Å². The summed E-state index contributed by atoms with van der Waals surface area (Å²) >= 11 is 0. The van der Waals surface area contributed by atoms with Gasteiger partial charge in [0.1, 0.15) is 5.75 Å². The second-order valence-electron chi connectivity index (χ2n) is 3.94. The standard InChI is InChI=1S/C12H21N3O3/c1-17-7-3-2-6-15-12(16)9-11(10-14-15)18-8-4-5-13/h9-10H,2-8,13H2,1H3. The number of aryl methyl sites for hydroxylation is 1. The highest BCUT2D eigenvalue weighted by atomic mass is 16.5. The van der Waals surface area contributed by atoms with E-state index in [0.717, 1.165) is 19.3 Å². The number of unbranched alkanes of at least 4 members (excludes halogenated alkanes) is 1. The van der Waals surface area contributed by atoms with Gasteiger partial charge in [0.25, 0.3) is 5.56 Å². The van der Waals surface area contributed by atoms with Crippen LogP contribution in [0, 0.1) is 0 Å². The summed E-state index contributed by atoms with van der Waals surface area (Å²) < 4.78 is 11.7. The van der Waals surface area contributed by atoms with Gasteiger partial charge in [0.15, 0.2) is 0 Å². The number of hydrogen-bond acceptors (Lipinski definition) is 5. The van der Waals surface area contributed by atoms with Gasteiger partial charge in [-0.15, -0.1) is 0 Å². The molecule has 0 aliphatic heterocycles. The first-order valence-electron chi connectivity index (χ1n) is 6.17. The molecule has 0 fully saturated rings. The van der Waals surface area contributed by atoms with Gasteiger partial charge in [-0.05, 0) is 25.8 Å². The summed E-state index contributed by atoms with van der Waals surface area (Å²) in [7, 11) is 1.66. The van der Waals surface area contributed by atoms with Gasteiger partial charge in [-0.2, -0.15) is 5.10 Å². The summed E-state index contributed by atoms with van der Waals surface area (Å²) in [6.45, 7) is 2.39. The van der Waals surface area contributed by atoms with Gasteiger partial charge in [0.2, 0.25) is 0 Å². The van der Waals surface area contributed by atoms with Crippen molar-refractivity contribution in [1.29, 1.82) is 0 Å². The number of nitrogens with zero attached hydrogens (tertiary/aromatic N) is 2. The molecule has 1 aromatic heterocycles. The van der Waals surface area contributed by atoms with Crippen molar-refractivity contribution in [3.05, 3.63) is 22.6 Å². The highest BCUT2D eigenvalue weighted by Gasteiger charge is 2.01. The first-order valence-corrected chi connectivity index (χ1v) is 6.17. The summed E-state index contributed by atoms with van der Waals surface area (Å²) in [4.78, 5) is 11.7. The van der Waals surface area contributed by atoms with Crippen molar-refractivity contribution in [3.63, 3.8) is 0 Å². The molecule has 0 saturated heterocycles. The zero-order valence-electron chi connectivity index (χ0n) is 10.8. The fraction of sp³-hybridized carbons (Fsp3) is 0.667. The topological polar surface area (TPSA) is 79.4 Å². The maximum atomic E-state index is 11.7. The van der Waals surface area contributed by atoms with Gasteiger partial charge in [0.05, 0.1) is 12.8 Å². The summed E-state index contributed by atoms with van der Waals surface area (Å²) in [5, 5.41) is 4.06. The van der Waals surface area contributed by atoms with Gasteiger partial charge >= 0.3 is 0 Å². The monoisotopic (exact) mass is 255 g/mol. The number of aromatic nitrogens is 2. The molecule has 0 saturated carbocycles. The van der Waals surface area contributed by atoms with Gasteiger partial charge in [-0.1, -0.05) is 0 Å². The second-order valence-corrected chi connectivity index (χ2v) is 3.94. The molecule has 2 N–H and O–H groups in total. The third kappa shape index (κ3) is 5.29. The molecule has 1 rings (SSSR count). The molecule has 1 aromatic rings. The maximum absolute atomic E-state index is 11.7. The minimum Gasteiger partial charge on any atom is -0.492 e. The van der Waals surface area contributed by atoms with Gasteiger partial charge < -0.3 is 15.2 Å². The maximum Gasteiger partial charge on any atom is 0.270 e. The molecule has 0 atom stereocenters. The fourth-order valence-corrected chi connectivity index (χ4v) is 1.45. The lowest BCUT2D eigenvalue weighted by atomic mass is 10.3. The predicted octanol–water partition coefficient (Wildman–Crippen LogP) is 0.397. The van der Waals surface area contributed by atoms with E-state index in [9.17, 15) is 4.79 Å². The molecule has 0 unspecified atom stereocenters. The molecule has 6 nitrogen and oxygen atoms in total. The Labute approximate surface area is 107 Å². The van der Waals surface area contributed by atoms with Gasteiger partial charge in [-0.25, -0.2) is 4.68 Å². The Morgan fingerprint density at radius 1 is 1.33 bits per heavy atom.